The summed E-state index contributed by atoms with van der Waals surface area (Å²) < 4.78 is 28.0. The van der Waals surface area contributed by atoms with Crippen LogP contribution in [0, 0.1) is 18.6 Å². The highest BCUT2D eigenvalue weighted by Crippen LogP contribution is 2.36. The van der Waals surface area contributed by atoms with Crippen LogP contribution in [-0.4, -0.2) is 15.9 Å². The molecule has 0 saturated carbocycles. The van der Waals surface area contributed by atoms with E-state index >= 15 is 0 Å². The number of thioether (sulfide) groups is 1. The lowest BCUT2D eigenvalue weighted by Crippen LogP contribution is -2.31. The molecule has 0 fully saturated rings. The summed E-state index contributed by atoms with van der Waals surface area (Å²) in [6.07, 6.45) is -0.159. The molecule has 2 heterocycles. The maximum Gasteiger partial charge on any atom is 0.257 e. The average molecular weight is 413 g/mol. The van der Waals surface area contributed by atoms with Gasteiger partial charge in [-0.2, -0.15) is 0 Å². The van der Waals surface area contributed by atoms with Crippen molar-refractivity contribution < 1.29 is 13.6 Å². The molecule has 148 valence electrons. The second kappa shape index (κ2) is 7.79. The Labute approximate surface area is 169 Å². The third-order valence-electron chi connectivity index (χ3n) is 4.89. The van der Waals surface area contributed by atoms with Gasteiger partial charge in [0.25, 0.3) is 5.56 Å². The first-order valence-electron chi connectivity index (χ1n) is 8.98. The van der Waals surface area contributed by atoms with E-state index in [2.05, 4.69) is 15.3 Å². The molecule has 0 saturated heterocycles. The first-order valence-corrected chi connectivity index (χ1v) is 9.97. The molecule has 0 bridgehead atoms. The average Bonchev–Trinajstić information content (AvgIpc) is 2.68. The Balaban J connectivity index is 1.70. The van der Waals surface area contributed by atoms with Crippen LogP contribution >= 0.6 is 11.8 Å². The van der Waals surface area contributed by atoms with Crippen LogP contribution in [0.25, 0.3) is 0 Å². The fourth-order valence-electron chi connectivity index (χ4n) is 3.38. The molecule has 1 atom stereocenters. The Morgan fingerprint density at radius 1 is 1.17 bits per heavy atom. The number of fused-ring (bicyclic) bond motifs is 1. The van der Waals surface area contributed by atoms with Crippen molar-refractivity contribution in [2.75, 3.05) is 5.32 Å². The van der Waals surface area contributed by atoms with Crippen LogP contribution in [-0.2, 0) is 10.5 Å². The summed E-state index contributed by atoms with van der Waals surface area (Å²) in [5.74, 6) is -1.94. The number of aryl methyl sites for hydroxylation is 1. The molecule has 1 aromatic heterocycles. The molecule has 29 heavy (non-hydrogen) atoms. The number of nitrogens with one attached hydrogen (secondary N) is 2. The number of rotatable bonds is 4. The van der Waals surface area contributed by atoms with Gasteiger partial charge < -0.3 is 10.3 Å². The number of carbonyl (C=O) groups excluding carboxylic acids is 1. The zero-order valence-electron chi connectivity index (χ0n) is 15.5. The molecule has 2 aromatic carbocycles. The van der Waals surface area contributed by atoms with Gasteiger partial charge in [-0.05, 0) is 41.8 Å². The van der Waals surface area contributed by atoms with Crippen molar-refractivity contribution >= 4 is 23.5 Å². The lowest BCUT2D eigenvalue weighted by Gasteiger charge is -2.24. The zero-order chi connectivity index (χ0) is 20.5. The van der Waals surface area contributed by atoms with Crippen molar-refractivity contribution in [3.63, 3.8) is 0 Å². The number of hydrogen-bond acceptors (Lipinski definition) is 4. The molecular formula is C21H17F2N3O2S. The van der Waals surface area contributed by atoms with E-state index in [1.165, 1.54) is 11.8 Å². The maximum atomic E-state index is 14.3. The lowest BCUT2D eigenvalue weighted by molar-refractivity contribution is -0.116. The highest BCUT2D eigenvalue weighted by molar-refractivity contribution is 7.98. The standard InChI is InChI=1S/C21H17F2N3O2S/c1-11-4-2-3-5-12(11)10-29-21-25-19-18(20(28)26-21)15(9-17(27)24-19)14-8-13(22)6-7-16(14)23/h2-8,15H,9-10H2,1H3,(H2,24,25,26,27,28)/t15-/m1/s1. The third-order valence-corrected chi connectivity index (χ3v) is 5.81. The summed E-state index contributed by atoms with van der Waals surface area (Å²) in [6, 6.07) is 10.9. The molecule has 3 aromatic rings. The molecule has 2 N–H and O–H groups in total. The Hall–Kier alpha value is -3.00. The van der Waals surface area contributed by atoms with E-state index in [4.69, 9.17) is 0 Å². The van der Waals surface area contributed by atoms with Crippen molar-refractivity contribution in [1.82, 2.24) is 9.97 Å². The smallest absolute Gasteiger partial charge is 0.257 e. The minimum absolute atomic E-state index is 0.0336. The van der Waals surface area contributed by atoms with Gasteiger partial charge in [0.1, 0.15) is 17.5 Å². The molecule has 1 aliphatic heterocycles. The number of hydrogen-bond donors (Lipinski definition) is 2. The topological polar surface area (TPSA) is 74.8 Å². The highest BCUT2D eigenvalue weighted by Gasteiger charge is 2.32. The minimum atomic E-state index is -0.902. The Morgan fingerprint density at radius 3 is 2.76 bits per heavy atom. The summed E-state index contributed by atoms with van der Waals surface area (Å²) in [5.41, 5.74) is 1.84. The van der Waals surface area contributed by atoms with Crippen LogP contribution in [0.2, 0.25) is 0 Å². The number of anilines is 1. The van der Waals surface area contributed by atoms with Gasteiger partial charge in [-0.15, -0.1) is 0 Å². The van der Waals surface area contributed by atoms with E-state index in [0.29, 0.717) is 10.9 Å². The molecule has 0 spiro atoms. The predicted octanol–water partition coefficient (Wildman–Crippen LogP) is 4.12. The number of nitrogens with zero attached hydrogens (tertiary/aromatic N) is 1. The van der Waals surface area contributed by atoms with Gasteiger partial charge in [0.15, 0.2) is 5.16 Å². The van der Waals surface area contributed by atoms with Crippen LogP contribution in [0.1, 0.15) is 34.6 Å². The summed E-state index contributed by atoms with van der Waals surface area (Å²) in [4.78, 5) is 32.0. The largest absolute Gasteiger partial charge is 0.310 e. The Bertz CT molecular complexity index is 1160. The van der Waals surface area contributed by atoms with Gasteiger partial charge in [0, 0.05) is 18.1 Å². The van der Waals surface area contributed by atoms with Crippen LogP contribution in [0.5, 0.6) is 0 Å². The van der Waals surface area contributed by atoms with E-state index < -0.39 is 29.0 Å². The van der Waals surface area contributed by atoms with Crippen LogP contribution < -0.4 is 10.9 Å². The van der Waals surface area contributed by atoms with Gasteiger partial charge in [-0.3, -0.25) is 9.59 Å². The van der Waals surface area contributed by atoms with Gasteiger partial charge in [0.2, 0.25) is 5.91 Å². The monoisotopic (exact) mass is 413 g/mol. The van der Waals surface area contributed by atoms with E-state index in [0.717, 1.165) is 29.3 Å². The normalized spacial score (nSPS) is 15.7. The van der Waals surface area contributed by atoms with E-state index in [9.17, 15) is 18.4 Å². The summed E-state index contributed by atoms with van der Waals surface area (Å²) >= 11 is 1.33. The summed E-state index contributed by atoms with van der Waals surface area (Å²) in [5, 5.41) is 2.93. The molecule has 1 amide bonds. The van der Waals surface area contributed by atoms with E-state index in [1.54, 1.807) is 0 Å². The zero-order valence-corrected chi connectivity index (χ0v) is 16.3. The molecule has 4 rings (SSSR count). The number of benzene rings is 2. The predicted molar refractivity (Wildman–Crippen MR) is 107 cm³/mol. The van der Waals surface area contributed by atoms with Gasteiger partial charge in [-0.1, -0.05) is 36.0 Å². The van der Waals surface area contributed by atoms with Gasteiger partial charge >= 0.3 is 0 Å². The molecule has 0 unspecified atom stereocenters. The number of H-pyrrole nitrogens is 1. The van der Waals surface area contributed by atoms with Crippen molar-refractivity contribution in [1.29, 1.82) is 0 Å². The third kappa shape index (κ3) is 3.93. The molecule has 1 aliphatic rings. The maximum absolute atomic E-state index is 14.3. The Kier molecular flexibility index (Phi) is 5.19. The van der Waals surface area contributed by atoms with E-state index in [-0.39, 0.29) is 23.4 Å². The second-order valence-electron chi connectivity index (χ2n) is 6.82. The van der Waals surface area contributed by atoms with Crippen LogP contribution in [0.3, 0.4) is 0 Å². The molecule has 5 nitrogen and oxygen atoms in total. The number of carbonyl (C=O) groups is 1. The highest BCUT2D eigenvalue weighted by atomic mass is 32.2. The molecule has 0 aliphatic carbocycles. The summed E-state index contributed by atoms with van der Waals surface area (Å²) in [7, 11) is 0. The van der Waals surface area contributed by atoms with Gasteiger partial charge in [-0.25, -0.2) is 13.8 Å². The second-order valence-corrected chi connectivity index (χ2v) is 7.78. The van der Waals surface area contributed by atoms with Gasteiger partial charge in [0.05, 0.1) is 5.56 Å². The van der Waals surface area contributed by atoms with Crippen molar-refractivity contribution in [2.24, 2.45) is 0 Å². The number of amides is 1. The van der Waals surface area contributed by atoms with E-state index in [1.807, 2.05) is 31.2 Å². The quantitative estimate of drug-likeness (QED) is 0.498. The van der Waals surface area contributed by atoms with Crippen LogP contribution in [0.4, 0.5) is 14.6 Å². The fraction of sp³-hybridized carbons (Fsp3) is 0.190. The fourth-order valence-corrected chi connectivity index (χ4v) is 4.32. The van der Waals surface area contributed by atoms with Crippen molar-refractivity contribution in [3.8, 4) is 0 Å². The molecule has 8 heteroatoms. The molecule has 0 radical (unpaired) electrons. The van der Waals surface area contributed by atoms with Crippen molar-refractivity contribution in [3.05, 3.63) is 86.7 Å². The minimum Gasteiger partial charge on any atom is -0.310 e. The summed E-state index contributed by atoms with van der Waals surface area (Å²) in [6.45, 7) is 2.00. The molecular weight excluding hydrogens is 396 g/mol. The Morgan fingerprint density at radius 2 is 1.97 bits per heavy atom. The number of halogens is 2. The first kappa shape index (κ1) is 19.3. The lowest BCUT2D eigenvalue weighted by atomic mass is 9.86. The first-order chi connectivity index (χ1) is 13.9. The number of aromatic nitrogens is 2. The SMILES string of the molecule is Cc1ccccc1CSc1nc2c(c(=O)[nH]1)[C@@H](c1cc(F)ccc1F)CC(=O)N2. The van der Waals surface area contributed by atoms with Crippen molar-refractivity contribution in [2.45, 2.75) is 30.2 Å². The number of aromatic amines is 1. The van der Waals surface area contributed by atoms with Crippen LogP contribution in [0.15, 0.2) is 52.4 Å².